The minimum absolute atomic E-state index is 0.167. The van der Waals surface area contributed by atoms with Crippen LogP contribution in [-0.2, 0) is 6.18 Å². The van der Waals surface area contributed by atoms with Crippen LogP contribution in [0.1, 0.15) is 12.0 Å². The van der Waals surface area contributed by atoms with Crippen LogP contribution in [0.5, 0.6) is 0 Å². The number of hydrogen-bond acceptors (Lipinski definition) is 2. The normalized spacial score (nSPS) is 11.6. The molecule has 0 radical (unpaired) electrons. The number of anilines is 1. The molecule has 1 rings (SSSR count). The first-order valence-corrected chi connectivity index (χ1v) is 5.93. The van der Waals surface area contributed by atoms with Crippen molar-refractivity contribution in [2.45, 2.75) is 12.6 Å². The Labute approximate surface area is 107 Å². The second-order valence-corrected chi connectivity index (χ2v) is 4.64. The first-order valence-electron chi connectivity index (χ1n) is 5.14. The zero-order chi connectivity index (χ0) is 13.1. The molecule has 1 aromatic rings. The van der Waals surface area contributed by atoms with Crippen LogP contribution in [0.4, 0.5) is 18.9 Å². The summed E-state index contributed by atoms with van der Waals surface area (Å²) in [5, 5.41) is 0. The van der Waals surface area contributed by atoms with E-state index in [1.54, 1.807) is 11.9 Å². The predicted octanol–water partition coefficient (Wildman–Crippen LogP) is 3.25. The standard InChI is InChI=1S/C11H14BrF3N2/c1-17(6-2-5-16)10-7-8(12)3-4-9(10)11(13,14)15/h3-4,7H,2,5-6,16H2,1H3. The molecule has 0 atom stereocenters. The van der Waals surface area contributed by atoms with E-state index in [-0.39, 0.29) is 5.69 Å². The molecule has 0 saturated carbocycles. The smallest absolute Gasteiger partial charge is 0.374 e. The van der Waals surface area contributed by atoms with Crippen LogP contribution in [0, 0.1) is 0 Å². The van der Waals surface area contributed by atoms with E-state index < -0.39 is 11.7 Å². The zero-order valence-electron chi connectivity index (χ0n) is 9.39. The summed E-state index contributed by atoms with van der Waals surface area (Å²) in [6.45, 7) is 0.954. The first kappa shape index (κ1) is 14.3. The molecule has 0 heterocycles. The van der Waals surface area contributed by atoms with Gasteiger partial charge in [-0.1, -0.05) is 15.9 Å². The van der Waals surface area contributed by atoms with Gasteiger partial charge in [-0.3, -0.25) is 0 Å². The van der Waals surface area contributed by atoms with Gasteiger partial charge in [0, 0.05) is 23.8 Å². The van der Waals surface area contributed by atoms with Crippen molar-refractivity contribution in [3.8, 4) is 0 Å². The molecular formula is C11H14BrF3N2. The summed E-state index contributed by atoms with van der Waals surface area (Å²) < 4.78 is 39.0. The molecule has 0 aliphatic rings. The lowest BCUT2D eigenvalue weighted by molar-refractivity contribution is -0.137. The molecule has 0 spiro atoms. The van der Waals surface area contributed by atoms with E-state index in [9.17, 15) is 13.2 Å². The van der Waals surface area contributed by atoms with Crippen molar-refractivity contribution in [2.24, 2.45) is 5.73 Å². The number of alkyl halides is 3. The quantitative estimate of drug-likeness (QED) is 0.925. The van der Waals surface area contributed by atoms with Gasteiger partial charge >= 0.3 is 6.18 Å². The van der Waals surface area contributed by atoms with Gasteiger partial charge in [-0.2, -0.15) is 13.2 Å². The first-order chi connectivity index (χ1) is 7.86. The Morgan fingerprint density at radius 1 is 1.35 bits per heavy atom. The lowest BCUT2D eigenvalue weighted by Crippen LogP contribution is -2.24. The van der Waals surface area contributed by atoms with Crippen LogP contribution < -0.4 is 10.6 Å². The van der Waals surface area contributed by atoms with Gasteiger partial charge in [-0.15, -0.1) is 0 Å². The molecule has 6 heteroatoms. The van der Waals surface area contributed by atoms with E-state index >= 15 is 0 Å². The average molecular weight is 311 g/mol. The van der Waals surface area contributed by atoms with Gasteiger partial charge in [0.2, 0.25) is 0 Å². The molecule has 17 heavy (non-hydrogen) atoms. The maximum atomic E-state index is 12.8. The lowest BCUT2D eigenvalue weighted by atomic mass is 10.1. The highest BCUT2D eigenvalue weighted by Gasteiger charge is 2.34. The maximum Gasteiger partial charge on any atom is 0.418 e. The molecule has 1 aromatic carbocycles. The van der Waals surface area contributed by atoms with Crippen LogP contribution >= 0.6 is 15.9 Å². The summed E-state index contributed by atoms with van der Waals surface area (Å²) in [4.78, 5) is 1.57. The third-order valence-electron chi connectivity index (χ3n) is 2.37. The molecule has 96 valence electrons. The number of hydrogen-bond donors (Lipinski definition) is 1. The number of nitrogens with zero attached hydrogens (tertiary/aromatic N) is 1. The fourth-order valence-corrected chi connectivity index (χ4v) is 1.86. The van der Waals surface area contributed by atoms with E-state index in [2.05, 4.69) is 15.9 Å². The molecular weight excluding hydrogens is 297 g/mol. The molecule has 0 aliphatic heterocycles. The van der Waals surface area contributed by atoms with Gasteiger partial charge in [0.15, 0.2) is 0 Å². The van der Waals surface area contributed by atoms with Gasteiger partial charge in [-0.25, -0.2) is 0 Å². The van der Waals surface area contributed by atoms with Crippen LogP contribution in [0.2, 0.25) is 0 Å². The predicted molar refractivity (Wildman–Crippen MR) is 66.1 cm³/mol. The molecule has 0 aliphatic carbocycles. The minimum Gasteiger partial charge on any atom is -0.374 e. The fraction of sp³-hybridized carbons (Fsp3) is 0.455. The van der Waals surface area contributed by atoms with Crippen molar-refractivity contribution in [3.05, 3.63) is 28.2 Å². The molecule has 0 saturated heterocycles. The van der Waals surface area contributed by atoms with Gasteiger partial charge in [0.05, 0.1) is 5.56 Å². The van der Waals surface area contributed by atoms with E-state index in [0.717, 1.165) is 6.07 Å². The molecule has 0 unspecified atom stereocenters. The fourth-order valence-electron chi connectivity index (χ4n) is 1.51. The molecule has 2 nitrogen and oxygen atoms in total. The Morgan fingerprint density at radius 2 is 2.00 bits per heavy atom. The third kappa shape index (κ3) is 3.89. The molecule has 0 amide bonds. The molecule has 2 N–H and O–H groups in total. The zero-order valence-corrected chi connectivity index (χ0v) is 11.0. The van der Waals surface area contributed by atoms with E-state index in [1.165, 1.54) is 12.1 Å². The third-order valence-corrected chi connectivity index (χ3v) is 2.87. The van der Waals surface area contributed by atoms with Crippen LogP contribution in [0.25, 0.3) is 0 Å². The summed E-state index contributed by atoms with van der Waals surface area (Å²) in [7, 11) is 1.63. The summed E-state index contributed by atoms with van der Waals surface area (Å²) >= 11 is 3.18. The van der Waals surface area contributed by atoms with E-state index in [1.807, 2.05) is 0 Å². The highest BCUT2D eigenvalue weighted by molar-refractivity contribution is 9.10. The number of halogens is 4. The monoisotopic (exact) mass is 310 g/mol. The average Bonchev–Trinajstić information content (AvgIpc) is 2.24. The van der Waals surface area contributed by atoms with Gasteiger partial charge in [0.25, 0.3) is 0 Å². The molecule has 0 bridgehead atoms. The Balaban J connectivity index is 3.07. The highest BCUT2D eigenvalue weighted by Crippen LogP contribution is 2.37. The van der Waals surface area contributed by atoms with Crippen molar-refractivity contribution in [1.82, 2.24) is 0 Å². The Morgan fingerprint density at radius 3 is 2.53 bits per heavy atom. The van der Waals surface area contributed by atoms with E-state index in [0.29, 0.717) is 24.0 Å². The van der Waals surface area contributed by atoms with Crippen molar-refractivity contribution >= 4 is 21.6 Å². The van der Waals surface area contributed by atoms with Crippen molar-refractivity contribution < 1.29 is 13.2 Å². The summed E-state index contributed by atoms with van der Waals surface area (Å²) in [5.41, 5.74) is 4.89. The van der Waals surface area contributed by atoms with Crippen molar-refractivity contribution in [2.75, 3.05) is 25.0 Å². The molecule has 0 aromatic heterocycles. The van der Waals surface area contributed by atoms with Crippen molar-refractivity contribution in [1.29, 1.82) is 0 Å². The number of benzene rings is 1. The Bertz CT molecular complexity index is 379. The Hall–Kier alpha value is -0.750. The Kier molecular flexibility index (Phi) is 4.82. The summed E-state index contributed by atoms with van der Waals surface area (Å²) in [6, 6.07) is 3.95. The second-order valence-electron chi connectivity index (χ2n) is 3.72. The SMILES string of the molecule is CN(CCCN)c1cc(Br)ccc1C(F)(F)F. The lowest BCUT2D eigenvalue weighted by Gasteiger charge is -2.23. The summed E-state index contributed by atoms with van der Waals surface area (Å²) in [6.07, 6.45) is -3.69. The van der Waals surface area contributed by atoms with Gasteiger partial charge < -0.3 is 10.6 Å². The van der Waals surface area contributed by atoms with Crippen molar-refractivity contribution in [3.63, 3.8) is 0 Å². The van der Waals surface area contributed by atoms with E-state index in [4.69, 9.17) is 5.73 Å². The highest BCUT2D eigenvalue weighted by atomic mass is 79.9. The maximum absolute atomic E-state index is 12.8. The second kappa shape index (κ2) is 5.73. The molecule has 0 fully saturated rings. The largest absolute Gasteiger partial charge is 0.418 e. The van der Waals surface area contributed by atoms with Crippen LogP contribution in [0.15, 0.2) is 22.7 Å². The summed E-state index contributed by atoms with van der Waals surface area (Å²) in [5.74, 6) is 0. The topological polar surface area (TPSA) is 29.3 Å². The minimum atomic E-state index is -4.34. The van der Waals surface area contributed by atoms with Gasteiger partial charge in [0.1, 0.15) is 0 Å². The number of rotatable bonds is 4. The van der Waals surface area contributed by atoms with Gasteiger partial charge in [-0.05, 0) is 31.2 Å². The van der Waals surface area contributed by atoms with Crippen LogP contribution in [-0.4, -0.2) is 20.1 Å². The number of nitrogens with two attached hydrogens (primary N) is 1. The van der Waals surface area contributed by atoms with Crippen LogP contribution in [0.3, 0.4) is 0 Å².